The van der Waals surface area contributed by atoms with E-state index in [9.17, 15) is 4.79 Å². The van der Waals surface area contributed by atoms with Crippen molar-refractivity contribution in [1.82, 2.24) is 5.16 Å². The maximum Gasteiger partial charge on any atom is 0.287 e. The smallest absolute Gasteiger partial charge is 0.287 e. The van der Waals surface area contributed by atoms with Crippen LogP contribution < -0.4 is 5.73 Å². The molecule has 0 spiro atoms. The Labute approximate surface area is 58.0 Å². The van der Waals surface area contributed by atoms with Gasteiger partial charge in [-0.3, -0.25) is 4.79 Å². The van der Waals surface area contributed by atoms with E-state index in [0.717, 1.165) is 0 Å². The molecule has 54 valence electrons. The first-order valence-corrected chi connectivity index (χ1v) is 2.85. The van der Waals surface area contributed by atoms with Gasteiger partial charge in [-0.05, 0) is 13.8 Å². The average Bonchev–Trinajstić information content (AvgIpc) is 2.14. The molecule has 1 amide bonds. The summed E-state index contributed by atoms with van der Waals surface area (Å²) in [6, 6.07) is 0. The van der Waals surface area contributed by atoms with Gasteiger partial charge in [0.25, 0.3) is 5.91 Å². The summed E-state index contributed by atoms with van der Waals surface area (Å²) in [7, 11) is 0. The molecule has 0 saturated heterocycles. The van der Waals surface area contributed by atoms with Crippen LogP contribution in [-0.2, 0) is 0 Å². The molecule has 1 rings (SSSR count). The lowest BCUT2D eigenvalue weighted by molar-refractivity contribution is 0.0964. The first kappa shape index (κ1) is 6.80. The Balaban J connectivity index is 3.17. The lowest BCUT2D eigenvalue weighted by Gasteiger charge is -1.86. The number of primary amides is 1. The van der Waals surface area contributed by atoms with Gasteiger partial charge in [0.15, 0.2) is 0 Å². The molecular weight excluding hydrogens is 132 g/mol. The van der Waals surface area contributed by atoms with Crippen molar-refractivity contribution >= 4 is 5.91 Å². The van der Waals surface area contributed by atoms with E-state index in [1.807, 2.05) is 0 Å². The lowest BCUT2D eigenvalue weighted by Crippen LogP contribution is -2.10. The van der Waals surface area contributed by atoms with Gasteiger partial charge in [-0.2, -0.15) is 0 Å². The van der Waals surface area contributed by atoms with Crippen LogP contribution in [-0.4, -0.2) is 11.1 Å². The number of hydrogen-bond donors (Lipinski definition) is 1. The van der Waals surface area contributed by atoms with Crippen molar-refractivity contribution in [3.05, 3.63) is 17.0 Å². The summed E-state index contributed by atoms with van der Waals surface area (Å²) in [5.74, 6) is -0.421. The molecule has 4 heteroatoms. The number of nitrogens with zero attached hydrogens (tertiary/aromatic N) is 1. The SMILES string of the molecule is Cc1noc(C(N)=O)c1C. The van der Waals surface area contributed by atoms with Crippen LogP contribution in [0.15, 0.2) is 4.52 Å². The Bertz CT molecular complexity index is 265. The Hall–Kier alpha value is -1.32. The highest BCUT2D eigenvalue weighted by atomic mass is 16.5. The molecular formula is C6H8N2O2. The van der Waals surface area contributed by atoms with Crippen molar-refractivity contribution in [2.24, 2.45) is 5.73 Å². The summed E-state index contributed by atoms with van der Waals surface area (Å²) in [5, 5.41) is 3.56. The molecule has 0 fully saturated rings. The van der Waals surface area contributed by atoms with Crippen LogP contribution in [0.25, 0.3) is 0 Å². The standard InChI is InChI=1S/C6H8N2O2/c1-3-4(2)8-10-5(3)6(7)9/h1-2H3,(H2,7,9). The maximum absolute atomic E-state index is 10.5. The molecule has 0 atom stereocenters. The summed E-state index contributed by atoms with van der Waals surface area (Å²) in [6.45, 7) is 3.50. The quantitative estimate of drug-likeness (QED) is 0.613. The summed E-state index contributed by atoms with van der Waals surface area (Å²) >= 11 is 0. The minimum absolute atomic E-state index is 0.150. The second-order valence-electron chi connectivity index (χ2n) is 2.09. The first-order valence-electron chi connectivity index (χ1n) is 2.85. The predicted octanol–water partition coefficient (Wildman–Crippen LogP) is 0.390. The van der Waals surface area contributed by atoms with Crippen molar-refractivity contribution in [2.75, 3.05) is 0 Å². The van der Waals surface area contributed by atoms with Crippen LogP contribution in [0.2, 0.25) is 0 Å². The highest BCUT2D eigenvalue weighted by molar-refractivity contribution is 5.91. The molecule has 1 aromatic heterocycles. The van der Waals surface area contributed by atoms with Crippen molar-refractivity contribution < 1.29 is 9.32 Å². The van der Waals surface area contributed by atoms with Crippen LogP contribution in [0.1, 0.15) is 21.8 Å². The largest absolute Gasteiger partial charge is 0.363 e. The van der Waals surface area contributed by atoms with Crippen molar-refractivity contribution in [3.63, 3.8) is 0 Å². The summed E-state index contributed by atoms with van der Waals surface area (Å²) < 4.78 is 4.63. The molecule has 0 aliphatic carbocycles. The maximum atomic E-state index is 10.5. The number of hydrogen-bond acceptors (Lipinski definition) is 3. The summed E-state index contributed by atoms with van der Waals surface area (Å²) in [4.78, 5) is 10.5. The highest BCUT2D eigenvalue weighted by Gasteiger charge is 2.12. The fraction of sp³-hybridized carbons (Fsp3) is 0.333. The van der Waals surface area contributed by atoms with Gasteiger partial charge < -0.3 is 10.3 Å². The zero-order valence-electron chi connectivity index (χ0n) is 5.84. The Morgan fingerprint density at radius 2 is 2.20 bits per heavy atom. The number of aryl methyl sites for hydroxylation is 1. The number of rotatable bonds is 1. The Morgan fingerprint density at radius 1 is 1.60 bits per heavy atom. The third-order valence-corrected chi connectivity index (χ3v) is 1.38. The minimum atomic E-state index is -0.571. The monoisotopic (exact) mass is 140 g/mol. The first-order chi connectivity index (χ1) is 4.63. The fourth-order valence-electron chi connectivity index (χ4n) is 0.645. The molecule has 4 nitrogen and oxygen atoms in total. The van der Waals surface area contributed by atoms with Crippen molar-refractivity contribution in [2.45, 2.75) is 13.8 Å². The van der Waals surface area contributed by atoms with Crippen LogP contribution in [0.5, 0.6) is 0 Å². The van der Waals surface area contributed by atoms with Gasteiger partial charge >= 0.3 is 0 Å². The van der Waals surface area contributed by atoms with Gasteiger partial charge in [0, 0.05) is 5.56 Å². The van der Waals surface area contributed by atoms with Crippen molar-refractivity contribution in [3.8, 4) is 0 Å². The van der Waals surface area contributed by atoms with E-state index in [4.69, 9.17) is 5.73 Å². The van der Waals surface area contributed by atoms with E-state index in [1.54, 1.807) is 13.8 Å². The fourth-order valence-corrected chi connectivity index (χ4v) is 0.645. The molecule has 0 aliphatic heterocycles. The van der Waals surface area contributed by atoms with Crippen molar-refractivity contribution in [1.29, 1.82) is 0 Å². The van der Waals surface area contributed by atoms with E-state index >= 15 is 0 Å². The van der Waals surface area contributed by atoms with Gasteiger partial charge in [-0.1, -0.05) is 5.16 Å². The molecule has 1 heterocycles. The van der Waals surface area contributed by atoms with Gasteiger partial charge in [-0.15, -0.1) is 0 Å². The molecule has 0 unspecified atom stereocenters. The predicted molar refractivity (Wildman–Crippen MR) is 34.5 cm³/mol. The summed E-state index contributed by atoms with van der Waals surface area (Å²) in [5.41, 5.74) is 6.37. The number of nitrogens with two attached hydrogens (primary N) is 1. The number of carbonyl (C=O) groups is 1. The normalized spacial score (nSPS) is 9.80. The van der Waals surface area contributed by atoms with E-state index in [-0.39, 0.29) is 5.76 Å². The number of amides is 1. The third-order valence-electron chi connectivity index (χ3n) is 1.38. The second-order valence-corrected chi connectivity index (χ2v) is 2.09. The molecule has 0 bridgehead atoms. The van der Waals surface area contributed by atoms with Gasteiger partial charge in [0.05, 0.1) is 5.69 Å². The van der Waals surface area contributed by atoms with E-state index in [0.29, 0.717) is 11.3 Å². The van der Waals surface area contributed by atoms with Gasteiger partial charge in [0.2, 0.25) is 5.76 Å². The molecule has 0 aromatic carbocycles. The molecule has 0 saturated carbocycles. The van der Waals surface area contributed by atoms with Crippen LogP contribution >= 0.6 is 0 Å². The Kier molecular flexibility index (Phi) is 1.45. The topological polar surface area (TPSA) is 69.1 Å². The van der Waals surface area contributed by atoms with Gasteiger partial charge in [-0.25, -0.2) is 0 Å². The molecule has 0 radical (unpaired) electrons. The van der Waals surface area contributed by atoms with Crippen LogP contribution in [0.3, 0.4) is 0 Å². The molecule has 1 aromatic rings. The minimum Gasteiger partial charge on any atom is -0.363 e. The van der Waals surface area contributed by atoms with E-state index in [2.05, 4.69) is 9.68 Å². The van der Waals surface area contributed by atoms with Crippen LogP contribution in [0.4, 0.5) is 0 Å². The van der Waals surface area contributed by atoms with Gasteiger partial charge in [0.1, 0.15) is 0 Å². The zero-order valence-corrected chi connectivity index (χ0v) is 5.84. The van der Waals surface area contributed by atoms with E-state index < -0.39 is 5.91 Å². The van der Waals surface area contributed by atoms with Crippen LogP contribution in [0, 0.1) is 13.8 Å². The summed E-state index contributed by atoms with van der Waals surface area (Å²) in [6.07, 6.45) is 0. The molecule has 10 heavy (non-hydrogen) atoms. The Morgan fingerprint density at radius 3 is 2.40 bits per heavy atom. The number of carbonyl (C=O) groups excluding carboxylic acids is 1. The molecule has 2 N–H and O–H groups in total. The third kappa shape index (κ3) is 0.877. The average molecular weight is 140 g/mol. The molecule has 0 aliphatic rings. The highest BCUT2D eigenvalue weighted by Crippen LogP contribution is 2.09. The number of aromatic nitrogens is 1. The lowest BCUT2D eigenvalue weighted by atomic mass is 10.2. The van der Waals surface area contributed by atoms with E-state index in [1.165, 1.54) is 0 Å². The zero-order chi connectivity index (χ0) is 7.72. The second kappa shape index (κ2) is 2.13.